The summed E-state index contributed by atoms with van der Waals surface area (Å²) in [7, 11) is 0. The first-order valence-electron chi connectivity index (χ1n) is 9.17. The summed E-state index contributed by atoms with van der Waals surface area (Å²) >= 11 is 1.44. The maximum absolute atomic E-state index is 12.6. The predicted molar refractivity (Wildman–Crippen MR) is 101 cm³/mol. The van der Waals surface area contributed by atoms with Crippen molar-refractivity contribution in [2.45, 2.75) is 64.5 Å². The summed E-state index contributed by atoms with van der Waals surface area (Å²) in [6.45, 7) is 2.29. The van der Waals surface area contributed by atoms with Gasteiger partial charge in [0, 0.05) is 6.04 Å². The van der Waals surface area contributed by atoms with Gasteiger partial charge in [-0.1, -0.05) is 50.3 Å². The molecule has 1 aliphatic carbocycles. The molecule has 0 spiro atoms. The number of nitrogens with zero attached hydrogens (tertiary/aromatic N) is 1. The van der Waals surface area contributed by atoms with Crippen LogP contribution in [0.1, 0.15) is 65.3 Å². The zero-order chi connectivity index (χ0) is 17.5. The van der Waals surface area contributed by atoms with Gasteiger partial charge in [0.25, 0.3) is 5.91 Å². The number of carbonyl (C=O) groups is 1. The number of carbonyl (C=O) groups excluding carboxylic acids is 1. The van der Waals surface area contributed by atoms with Crippen molar-refractivity contribution in [3.05, 3.63) is 45.9 Å². The van der Waals surface area contributed by atoms with E-state index in [-0.39, 0.29) is 5.91 Å². The summed E-state index contributed by atoms with van der Waals surface area (Å²) in [6.07, 6.45) is 8.51. The zero-order valence-electron chi connectivity index (χ0n) is 14.8. The molecule has 25 heavy (non-hydrogen) atoms. The van der Waals surface area contributed by atoms with Gasteiger partial charge in [0.15, 0.2) is 0 Å². The highest BCUT2D eigenvalue weighted by molar-refractivity contribution is 7.13. The largest absolute Gasteiger partial charge is 0.486 e. The minimum Gasteiger partial charge on any atom is -0.486 e. The Labute approximate surface area is 153 Å². The minimum atomic E-state index is 0.0199. The van der Waals surface area contributed by atoms with Crippen molar-refractivity contribution in [3.63, 3.8) is 0 Å². The van der Waals surface area contributed by atoms with E-state index < -0.39 is 0 Å². The second kappa shape index (κ2) is 8.99. The Morgan fingerprint density at radius 2 is 1.84 bits per heavy atom. The summed E-state index contributed by atoms with van der Waals surface area (Å²) < 4.78 is 5.74. The standard InChI is InChI=1S/C20H26N2O2S/c1-15-19(20(23)22-16-10-6-3-2-4-7-11-16)25-18(21-15)14-24-17-12-8-5-9-13-17/h5,8-9,12-13,16H,2-4,6-7,10-11,14H2,1H3,(H,22,23). The highest BCUT2D eigenvalue weighted by atomic mass is 32.1. The Bertz CT molecular complexity index is 676. The molecule has 4 nitrogen and oxygen atoms in total. The van der Waals surface area contributed by atoms with Crippen molar-refractivity contribution in [1.82, 2.24) is 10.3 Å². The van der Waals surface area contributed by atoms with Crippen LogP contribution in [-0.4, -0.2) is 16.9 Å². The Balaban J connectivity index is 1.58. The van der Waals surface area contributed by atoms with Crippen molar-refractivity contribution in [3.8, 4) is 5.75 Å². The number of thiazole rings is 1. The van der Waals surface area contributed by atoms with E-state index in [1.54, 1.807) is 0 Å². The number of para-hydroxylation sites is 1. The number of hydrogen-bond donors (Lipinski definition) is 1. The molecule has 3 rings (SSSR count). The first-order chi connectivity index (χ1) is 12.2. The number of amides is 1. The molecular formula is C20H26N2O2S. The fraction of sp³-hybridized carbons (Fsp3) is 0.500. The van der Waals surface area contributed by atoms with E-state index in [9.17, 15) is 4.79 Å². The lowest BCUT2D eigenvalue weighted by Gasteiger charge is -2.20. The van der Waals surface area contributed by atoms with Crippen LogP contribution in [0.5, 0.6) is 5.75 Å². The third kappa shape index (κ3) is 5.30. The number of rotatable bonds is 5. The van der Waals surface area contributed by atoms with Crippen molar-refractivity contribution in [2.24, 2.45) is 0 Å². The molecule has 1 saturated carbocycles. The maximum Gasteiger partial charge on any atom is 0.263 e. The molecule has 1 aromatic heterocycles. The summed E-state index contributed by atoms with van der Waals surface area (Å²) in [5, 5.41) is 4.06. The summed E-state index contributed by atoms with van der Waals surface area (Å²) in [5.41, 5.74) is 0.792. The topological polar surface area (TPSA) is 51.2 Å². The molecule has 2 aromatic rings. The van der Waals surface area contributed by atoms with Gasteiger partial charge in [-0.3, -0.25) is 4.79 Å². The molecule has 0 bridgehead atoms. The molecule has 1 amide bonds. The van der Waals surface area contributed by atoms with Crippen LogP contribution < -0.4 is 10.1 Å². The minimum absolute atomic E-state index is 0.0199. The van der Waals surface area contributed by atoms with Gasteiger partial charge in [-0.25, -0.2) is 4.98 Å². The first kappa shape index (κ1) is 17.9. The fourth-order valence-corrected chi connectivity index (χ4v) is 4.12. The van der Waals surface area contributed by atoms with Crippen LogP contribution >= 0.6 is 11.3 Å². The number of nitrogens with one attached hydrogen (secondary N) is 1. The van der Waals surface area contributed by atoms with Gasteiger partial charge in [-0.05, 0) is 31.9 Å². The molecule has 0 unspecified atom stereocenters. The normalized spacial score (nSPS) is 16.0. The molecule has 1 N–H and O–H groups in total. The third-order valence-electron chi connectivity index (χ3n) is 4.59. The Hall–Kier alpha value is -1.88. The van der Waals surface area contributed by atoms with Gasteiger partial charge in [0.05, 0.1) is 5.69 Å². The first-order valence-corrected chi connectivity index (χ1v) is 9.99. The quantitative estimate of drug-likeness (QED) is 0.829. The van der Waals surface area contributed by atoms with Crippen molar-refractivity contribution >= 4 is 17.2 Å². The summed E-state index contributed by atoms with van der Waals surface area (Å²) in [5.74, 6) is 0.836. The van der Waals surface area contributed by atoms with Crippen LogP contribution in [0.4, 0.5) is 0 Å². The maximum atomic E-state index is 12.6. The number of aromatic nitrogens is 1. The number of hydrogen-bond acceptors (Lipinski definition) is 4. The molecule has 1 heterocycles. The molecular weight excluding hydrogens is 332 g/mol. The van der Waals surface area contributed by atoms with Crippen LogP contribution in [-0.2, 0) is 6.61 Å². The smallest absolute Gasteiger partial charge is 0.263 e. The Morgan fingerprint density at radius 1 is 1.16 bits per heavy atom. The lowest BCUT2D eigenvalue weighted by atomic mass is 9.97. The van der Waals surface area contributed by atoms with Gasteiger partial charge >= 0.3 is 0 Å². The van der Waals surface area contributed by atoms with Crippen LogP contribution in [0.25, 0.3) is 0 Å². The monoisotopic (exact) mass is 358 g/mol. The van der Waals surface area contributed by atoms with E-state index in [1.807, 2.05) is 37.3 Å². The van der Waals surface area contributed by atoms with Crippen LogP contribution in [0.3, 0.4) is 0 Å². The Kier molecular flexibility index (Phi) is 6.45. The van der Waals surface area contributed by atoms with E-state index in [4.69, 9.17) is 4.74 Å². The van der Waals surface area contributed by atoms with Crippen LogP contribution in [0.2, 0.25) is 0 Å². The highest BCUT2D eigenvalue weighted by Crippen LogP contribution is 2.22. The molecule has 0 aliphatic heterocycles. The van der Waals surface area contributed by atoms with E-state index in [2.05, 4.69) is 10.3 Å². The third-order valence-corrected chi connectivity index (χ3v) is 5.72. The molecule has 5 heteroatoms. The van der Waals surface area contributed by atoms with E-state index in [1.165, 1.54) is 43.4 Å². The second-order valence-electron chi connectivity index (χ2n) is 6.64. The fourth-order valence-electron chi connectivity index (χ4n) is 3.24. The molecule has 1 aliphatic rings. The number of benzene rings is 1. The summed E-state index contributed by atoms with van der Waals surface area (Å²) in [4.78, 5) is 17.9. The van der Waals surface area contributed by atoms with Crippen molar-refractivity contribution < 1.29 is 9.53 Å². The molecule has 0 saturated heterocycles. The van der Waals surface area contributed by atoms with Crippen molar-refractivity contribution in [1.29, 1.82) is 0 Å². The van der Waals surface area contributed by atoms with Gasteiger partial charge < -0.3 is 10.1 Å². The molecule has 134 valence electrons. The van der Waals surface area contributed by atoms with E-state index in [0.29, 0.717) is 17.5 Å². The average molecular weight is 359 g/mol. The Morgan fingerprint density at radius 3 is 2.56 bits per heavy atom. The number of ether oxygens (including phenoxy) is 1. The van der Waals surface area contributed by atoms with Crippen molar-refractivity contribution in [2.75, 3.05) is 0 Å². The van der Waals surface area contributed by atoms with Gasteiger partial charge in [0.1, 0.15) is 22.2 Å². The predicted octanol–water partition coefficient (Wildman–Crippen LogP) is 4.87. The van der Waals surface area contributed by atoms with Gasteiger partial charge in [-0.15, -0.1) is 11.3 Å². The van der Waals surface area contributed by atoms with Gasteiger partial charge in [0.2, 0.25) is 0 Å². The lowest BCUT2D eigenvalue weighted by Crippen LogP contribution is -2.35. The molecule has 1 fully saturated rings. The average Bonchev–Trinajstić information content (AvgIpc) is 2.97. The molecule has 0 atom stereocenters. The van der Waals surface area contributed by atoms with E-state index >= 15 is 0 Å². The lowest BCUT2D eigenvalue weighted by molar-refractivity contribution is 0.0934. The SMILES string of the molecule is Cc1nc(COc2ccccc2)sc1C(=O)NC1CCCCCCC1. The molecule has 1 aromatic carbocycles. The molecule has 0 radical (unpaired) electrons. The van der Waals surface area contributed by atoms with E-state index in [0.717, 1.165) is 29.3 Å². The van der Waals surface area contributed by atoms with Gasteiger partial charge in [-0.2, -0.15) is 0 Å². The second-order valence-corrected chi connectivity index (χ2v) is 7.72. The summed E-state index contributed by atoms with van der Waals surface area (Å²) in [6, 6.07) is 9.98. The highest BCUT2D eigenvalue weighted by Gasteiger charge is 2.19. The van der Waals surface area contributed by atoms with Crippen LogP contribution in [0.15, 0.2) is 30.3 Å². The van der Waals surface area contributed by atoms with Crippen LogP contribution in [0, 0.1) is 6.92 Å². The zero-order valence-corrected chi connectivity index (χ0v) is 15.6. The number of aryl methyl sites for hydroxylation is 1.